The second-order valence-corrected chi connectivity index (χ2v) is 6.67. The molecule has 6 nitrogen and oxygen atoms in total. The fourth-order valence-electron chi connectivity index (χ4n) is 2.17. The molecule has 0 bridgehead atoms. The molecule has 0 aromatic heterocycles. The Labute approximate surface area is 172 Å². The van der Waals surface area contributed by atoms with Gasteiger partial charge in [0.1, 0.15) is 18.1 Å². The highest BCUT2D eigenvalue weighted by atomic mass is 79.9. The molecular formula is C19H21BrN2O4S. The van der Waals surface area contributed by atoms with Crippen LogP contribution >= 0.6 is 28.1 Å². The molecule has 0 unspecified atom stereocenters. The van der Waals surface area contributed by atoms with E-state index in [0.29, 0.717) is 31.1 Å². The van der Waals surface area contributed by atoms with E-state index in [9.17, 15) is 4.79 Å². The van der Waals surface area contributed by atoms with Crippen LogP contribution in [0.25, 0.3) is 0 Å². The Morgan fingerprint density at radius 1 is 1.11 bits per heavy atom. The van der Waals surface area contributed by atoms with Crippen LogP contribution in [0, 0.1) is 0 Å². The molecule has 0 aliphatic carbocycles. The minimum Gasteiger partial charge on any atom is -0.494 e. The highest BCUT2D eigenvalue weighted by molar-refractivity contribution is 9.10. The molecule has 1 amide bonds. The maximum Gasteiger partial charge on any atom is 0.261 e. The maximum atomic E-state index is 12.6. The Morgan fingerprint density at radius 2 is 1.85 bits per heavy atom. The van der Waals surface area contributed by atoms with E-state index >= 15 is 0 Å². The molecule has 0 heterocycles. The van der Waals surface area contributed by atoms with Crippen molar-refractivity contribution in [2.45, 2.75) is 6.92 Å². The van der Waals surface area contributed by atoms with Crippen molar-refractivity contribution in [2.24, 2.45) is 0 Å². The molecule has 0 saturated heterocycles. The highest BCUT2D eigenvalue weighted by Crippen LogP contribution is 2.23. The third-order valence-corrected chi connectivity index (χ3v) is 4.08. The topological polar surface area (TPSA) is 68.8 Å². The van der Waals surface area contributed by atoms with Crippen LogP contribution in [0.1, 0.15) is 17.3 Å². The molecule has 0 fully saturated rings. The Kier molecular flexibility index (Phi) is 8.50. The second kappa shape index (κ2) is 10.9. The quantitative estimate of drug-likeness (QED) is 0.465. The van der Waals surface area contributed by atoms with Gasteiger partial charge in [-0.1, -0.05) is 15.9 Å². The summed E-state index contributed by atoms with van der Waals surface area (Å²) in [5.74, 6) is 0.855. The molecule has 0 aliphatic rings. The third-order valence-electron chi connectivity index (χ3n) is 3.38. The molecule has 8 heteroatoms. The van der Waals surface area contributed by atoms with Gasteiger partial charge in [-0.25, -0.2) is 0 Å². The number of hydrogen-bond acceptors (Lipinski definition) is 5. The second-order valence-electron chi connectivity index (χ2n) is 5.35. The first-order valence-corrected chi connectivity index (χ1v) is 9.50. The molecule has 144 valence electrons. The Bertz CT molecular complexity index is 784. The van der Waals surface area contributed by atoms with Crippen molar-refractivity contribution in [3.05, 3.63) is 52.5 Å². The minimum absolute atomic E-state index is 0.187. The van der Waals surface area contributed by atoms with Crippen LogP contribution in [0.3, 0.4) is 0 Å². The molecule has 2 aromatic carbocycles. The van der Waals surface area contributed by atoms with Crippen LogP contribution in [0.5, 0.6) is 11.5 Å². The van der Waals surface area contributed by atoms with Gasteiger partial charge in [0.15, 0.2) is 5.11 Å². The van der Waals surface area contributed by atoms with Gasteiger partial charge in [0.2, 0.25) is 0 Å². The van der Waals surface area contributed by atoms with Gasteiger partial charge < -0.3 is 19.5 Å². The standard InChI is InChI=1S/C19H21BrN2O4S/c1-3-25-15-7-5-14(6-8-15)21-19(27)22-18(23)16-12-13(20)4-9-17(16)26-11-10-24-2/h4-9,12H,3,10-11H2,1-2H3,(H2,21,22,23,27). The molecule has 2 rings (SSSR count). The number of nitrogens with one attached hydrogen (secondary N) is 2. The number of thiocarbonyl (C=S) groups is 1. The number of carbonyl (C=O) groups is 1. The van der Waals surface area contributed by atoms with E-state index in [0.717, 1.165) is 15.9 Å². The Hall–Kier alpha value is -2.16. The normalized spacial score (nSPS) is 10.2. The number of amides is 1. The molecule has 2 N–H and O–H groups in total. The number of carbonyl (C=O) groups excluding carboxylic acids is 1. The van der Waals surface area contributed by atoms with Crippen LogP contribution in [0.15, 0.2) is 46.9 Å². The molecule has 0 saturated carbocycles. The van der Waals surface area contributed by atoms with Gasteiger partial charge in [0.25, 0.3) is 5.91 Å². The number of ether oxygens (including phenoxy) is 3. The smallest absolute Gasteiger partial charge is 0.261 e. The largest absolute Gasteiger partial charge is 0.494 e. The van der Waals surface area contributed by atoms with Crippen LogP contribution in [-0.4, -0.2) is 38.0 Å². The van der Waals surface area contributed by atoms with Crippen molar-refractivity contribution >= 4 is 44.9 Å². The summed E-state index contributed by atoms with van der Waals surface area (Å²) in [5, 5.41) is 5.82. The number of rotatable bonds is 8. The number of hydrogen-bond donors (Lipinski definition) is 2. The van der Waals surface area contributed by atoms with Gasteiger partial charge >= 0.3 is 0 Å². The van der Waals surface area contributed by atoms with Gasteiger partial charge in [0.05, 0.1) is 18.8 Å². The van der Waals surface area contributed by atoms with Gasteiger partial charge in [-0.15, -0.1) is 0 Å². The average molecular weight is 453 g/mol. The first-order chi connectivity index (χ1) is 13.0. The summed E-state index contributed by atoms with van der Waals surface area (Å²) in [6, 6.07) is 12.5. The molecule has 2 aromatic rings. The maximum absolute atomic E-state index is 12.6. The summed E-state index contributed by atoms with van der Waals surface area (Å²) in [6.07, 6.45) is 0. The fraction of sp³-hybridized carbons (Fsp3) is 0.263. The lowest BCUT2D eigenvalue weighted by atomic mass is 10.2. The van der Waals surface area contributed by atoms with Crippen molar-refractivity contribution in [3.63, 3.8) is 0 Å². The zero-order valence-electron chi connectivity index (χ0n) is 15.1. The lowest BCUT2D eigenvalue weighted by Crippen LogP contribution is -2.34. The van der Waals surface area contributed by atoms with Crippen LogP contribution < -0.4 is 20.1 Å². The van der Waals surface area contributed by atoms with Gasteiger partial charge in [-0.05, 0) is 61.6 Å². The Morgan fingerprint density at radius 3 is 2.52 bits per heavy atom. The summed E-state index contributed by atoms with van der Waals surface area (Å²) in [7, 11) is 1.59. The van der Waals surface area contributed by atoms with Gasteiger partial charge in [-0.3, -0.25) is 10.1 Å². The highest BCUT2D eigenvalue weighted by Gasteiger charge is 2.15. The zero-order chi connectivity index (χ0) is 19.6. The van der Waals surface area contributed by atoms with E-state index < -0.39 is 0 Å². The van der Waals surface area contributed by atoms with Crippen molar-refractivity contribution in [2.75, 3.05) is 32.2 Å². The number of halogens is 1. The lowest BCUT2D eigenvalue weighted by molar-refractivity contribution is 0.0969. The lowest BCUT2D eigenvalue weighted by Gasteiger charge is -2.13. The van der Waals surface area contributed by atoms with Crippen LogP contribution in [0.4, 0.5) is 5.69 Å². The van der Waals surface area contributed by atoms with E-state index in [2.05, 4.69) is 26.6 Å². The third kappa shape index (κ3) is 6.82. The van der Waals surface area contributed by atoms with E-state index in [1.165, 1.54) is 0 Å². The molecule has 0 aliphatic heterocycles. The molecule has 0 spiro atoms. The molecule has 0 radical (unpaired) electrons. The predicted octanol–water partition coefficient (Wildman–Crippen LogP) is 4.00. The zero-order valence-corrected chi connectivity index (χ0v) is 17.5. The average Bonchev–Trinajstić information content (AvgIpc) is 2.64. The SMILES string of the molecule is CCOc1ccc(NC(=S)NC(=O)c2cc(Br)ccc2OCCOC)cc1. The van der Waals surface area contributed by atoms with E-state index in [1.54, 1.807) is 25.3 Å². The molecule has 27 heavy (non-hydrogen) atoms. The number of anilines is 1. The van der Waals surface area contributed by atoms with Crippen molar-refractivity contribution in [3.8, 4) is 11.5 Å². The summed E-state index contributed by atoms with van der Waals surface area (Å²) in [5.41, 5.74) is 1.12. The van der Waals surface area contributed by atoms with E-state index in [4.69, 9.17) is 26.4 Å². The first-order valence-electron chi connectivity index (χ1n) is 8.30. The monoisotopic (exact) mass is 452 g/mol. The van der Waals surface area contributed by atoms with Crippen molar-refractivity contribution in [1.82, 2.24) is 5.32 Å². The predicted molar refractivity (Wildman–Crippen MR) is 113 cm³/mol. The summed E-state index contributed by atoms with van der Waals surface area (Å²) >= 11 is 8.60. The summed E-state index contributed by atoms with van der Waals surface area (Å²) < 4.78 is 16.7. The van der Waals surface area contributed by atoms with Crippen molar-refractivity contribution in [1.29, 1.82) is 0 Å². The van der Waals surface area contributed by atoms with E-state index in [-0.39, 0.29) is 11.0 Å². The summed E-state index contributed by atoms with van der Waals surface area (Å²) in [6.45, 7) is 3.29. The van der Waals surface area contributed by atoms with E-state index in [1.807, 2.05) is 31.2 Å². The Balaban J connectivity index is 2.01. The van der Waals surface area contributed by atoms with Crippen molar-refractivity contribution < 1.29 is 19.0 Å². The van der Waals surface area contributed by atoms with Crippen LogP contribution in [0.2, 0.25) is 0 Å². The number of benzene rings is 2. The fourth-order valence-corrected chi connectivity index (χ4v) is 2.75. The van der Waals surface area contributed by atoms with Crippen LogP contribution in [-0.2, 0) is 4.74 Å². The summed E-state index contributed by atoms with van der Waals surface area (Å²) in [4.78, 5) is 12.6. The minimum atomic E-state index is -0.368. The molecule has 0 atom stereocenters. The first kappa shape index (κ1) is 21.1. The van der Waals surface area contributed by atoms with Gasteiger partial charge in [0, 0.05) is 17.3 Å². The van der Waals surface area contributed by atoms with Gasteiger partial charge in [-0.2, -0.15) is 0 Å². The molecular weight excluding hydrogens is 432 g/mol. The number of methoxy groups -OCH3 is 1.